The van der Waals surface area contributed by atoms with Gasteiger partial charge in [-0.3, -0.25) is 4.79 Å². The lowest BCUT2D eigenvalue weighted by atomic mass is 10.4. The molecule has 1 amide bonds. The number of halogens is 1. The standard InChI is InChI=1S/C9H8INOS2/c10-2-3-11-9(12)8-5-7-6(14-8)1-4-13-7/h1,4-5H,2-3H2,(H,11,12). The van der Waals surface area contributed by atoms with Crippen molar-refractivity contribution < 1.29 is 4.79 Å². The molecule has 2 nitrogen and oxygen atoms in total. The Hall–Kier alpha value is -0.140. The maximum absolute atomic E-state index is 11.6. The summed E-state index contributed by atoms with van der Waals surface area (Å²) in [6, 6.07) is 4.02. The SMILES string of the molecule is O=C(NCCI)c1cc2sccc2s1. The van der Waals surface area contributed by atoms with Gasteiger partial charge in [-0.15, -0.1) is 22.7 Å². The van der Waals surface area contributed by atoms with E-state index in [0.717, 1.165) is 15.8 Å². The van der Waals surface area contributed by atoms with Crippen LogP contribution in [0.15, 0.2) is 17.5 Å². The second kappa shape index (κ2) is 4.59. The van der Waals surface area contributed by atoms with E-state index in [9.17, 15) is 4.79 Å². The molecule has 2 aromatic heterocycles. The van der Waals surface area contributed by atoms with Crippen LogP contribution < -0.4 is 5.32 Å². The summed E-state index contributed by atoms with van der Waals surface area (Å²) in [6.45, 7) is 0.741. The molecular weight excluding hydrogens is 329 g/mol. The Bertz CT molecular complexity index is 420. The van der Waals surface area contributed by atoms with E-state index in [4.69, 9.17) is 0 Å². The van der Waals surface area contributed by atoms with Crippen molar-refractivity contribution >= 4 is 60.6 Å². The van der Waals surface area contributed by atoms with E-state index in [1.54, 1.807) is 22.7 Å². The average molecular weight is 337 g/mol. The number of fused-ring (bicyclic) bond motifs is 1. The quantitative estimate of drug-likeness (QED) is 0.677. The molecule has 14 heavy (non-hydrogen) atoms. The van der Waals surface area contributed by atoms with Crippen LogP contribution in [0.2, 0.25) is 0 Å². The highest BCUT2D eigenvalue weighted by Gasteiger charge is 2.09. The highest BCUT2D eigenvalue weighted by molar-refractivity contribution is 14.1. The first-order valence-corrected chi connectivity index (χ1v) is 7.34. The van der Waals surface area contributed by atoms with Gasteiger partial charge >= 0.3 is 0 Å². The molecule has 0 radical (unpaired) electrons. The van der Waals surface area contributed by atoms with E-state index < -0.39 is 0 Å². The van der Waals surface area contributed by atoms with E-state index in [-0.39, 0.29) is 5.91 Å². The lowest BCUT2D eigenvalue weighted by molar-refractivity contribution is 0.0960. The number of hydrogen-bond acceptors (Lipinski definition) is 3. The summed E-state index contributed by atoms with van der Waals surface area (Å²) in [4.78, 5) is 12.4. The monoisotopic (exact) mass is 337 g/mol. The van der Waals surface area contributed by atoms with Gasteiger partial charge in [0.15, 0.2) is 0 Å². The van der Waals surface area contributed by atoms with Crippen LogP contribution in [0.1, 0.15) is 9.67 Å². The number of nitrogens with one attached hydrogen (secondary N) is 1. The van der Waals surface area contributed by atoms with Gasteiger partial charge in [-0.25, -0.2) is 0 Å². The minimum atomic E-state index is 0.0510. The number of carbonyl (C=O) groups excluding carboxylic acids is 1. The van der Waals surface area contributed by atoms with Crippen LogP contribution in [-0.4, -0.2) is 16.9 Å². The minimum absolute atomic E-state index is 0.0510. The third-order valence-corrected chi connectivity index (χ3v) is 4.37. The number of alkyl halides is 1. The molecule has 2 heterocycles. The van der Waals surface area contributed by atoms with Crippen molar-refractivity contribution in [3.05, 3.63) is 22.4 Å². The summed E-state index contributed by atoms with van der Waals surface area (Å²) in [6.07, 6.45) is 0. The maximum Gasteiger partial charge on any atom is 0.261 e. The molecule has 0 fully saturated rings. The van der Waals surface area contributed by atoms with Crippen molar-refractivity contribution in [3.8, 4) is 0 Å². The lowest BCUT2D eigenvalue weighted by Gasteiger charge is -1.98. The van der Waals surface area contributed by atoms with Gasteiger partial charge in [-0.2, -0.15) is 0 Å². The Morgan fingerprint density at radius 2 is 2.36 bits per heavy atom. The van der Waals surface area contributed by atoms with Crippen molar-refractivity contribution in [2.45, 2.75) is 0 Å². The molecule has 0 saturated heterocycles. The van der Waals surface area contributed by atoms with Gasteiger partial charge in [0.05, 0.1) is 4.88 Å². The fourth-order valence-electron chi connectivity index (χ4n) is 1.13. The van der Waals surface area contributed by atoms with Crippen LogP contribution in [0.5, 0.6) is 0 Å². The molecule has 1 N–H and O–H groups in total. The summed E-state index contributed by atoms with van der Waals surface area (Å²) in [5.41, 5.74) is 0. The Balaban J connectivity index is 2.18. The van der Waals surface area contributed by atoms with E-state index >= 15 is 0 Å². The van der Waals surface area contributed by atoms with Crippen molar-refractivity contribution in [2.24, 2.45) is 0 Å². The number of carbonyl (C=O) groups is 1. The summed E-state index contributed by atoms with van der Waals surface area (Å²) in [5, 5.41) is 4.92. The highest BCUT2D eigenvalue weighted by Crippen LogP contribution is 2.29. The minimum Gasteiger partial charge on any atom is -0.351 e. The second-order valence-electron chi connectivity index (χ2n) is 2.70. The average Bonchev–Trinajstić information content (AvgIpc) is 2.72. The van der Waals surface area contributed by atoms with Crippen LogP contribution >= 0.6 is 45.3 Å². The third-order valence-electron chi connectivity index (χ3n) is 1.74. The fourth-order valence-corrected chi connectivity index (χ4v) is 3.42. The van der Waals surface area contributed by atoms with Crippen LogP contribution in [0.25, 0.3) is 9.40 Å². The molecule has 0 unspecified atom stereocenters. The number of hydrogen-bond donors (Lipinski definition) is 1. The van der Waals surface area contributed by atoms with Gasteiger partial charge in [-0.05, 0) is 17.5 Å². The summed E-state index contributed by atoms with van der Waals surface area (Å²) in [7, 11) is 0. The predicted octanol–water partition coefficient (Wildman–Crippen LogP) is 3.13. The Kier molecular flexibility index (Phi) is 3.40. The summed E-state index contributed by atoms with van der Waals surface area (Å²) >= 11 is 5.48. The normalized spacial score (nSPS) is 10.6. The number of thiophene rings is 2. The summed E-state index contributed by atoms with van der Waals surface area (Å²) in [5.74, 6) is 0.0510. The number of amides is 1. The predicted molar refractivity (Wildman–Crippen MR) is 70.9 cm³/mol. The third kappa shape index (κ3) is 2.09. The molecule has 74 valence electrons. The van der Waals surface area contributed by atoms with Crippen molar-refractivity contribution in [3.63, 3.8) is 0 Å². The second-order valence-corrected chi connectivity index (χ2v) is 5.81. The van der Waals surface area contributed by atoms with E-state index in [0.29, 0.717) is 0 Å². The van der Waals surface area contributed by atoms with Crippen LogP contribution in [0, 0.1) is 0 Å². The molecule has 0 bridgehead atoms. The smallest absolute Gasteiger partial charge is 0.261 e. The molecule has 0 spiro atoms. The Labute approximate surface area is 103 Å². The molecule has 2 rings (SSSR count). The fraction of sp³-hybridized carbons (Fsp3) is 0.222. The Morgan fingerprint density at radius 3 is 3.07 bits per heavy atom. The topological polar surface area (TPSA) is 29.1 Å². The van der Waals surface area contributed by atoms with Gasteiger partial charge in [0.25, 0.3) is 5.91 Å². The highest BCUT2D eigenvalue weighted by atomic mass is 127. The molecule has 0 aromatic carbocycles. The molecule has 0 saturated carbocycles. The van der Waals surface area contributed by atoms with E-state index in [1.165, 1.54) is 9.40 Å². The largest absolute Gasteiger partial charge is 0.351 e. The first kappa shape index (κ1) is 10.4. The molecular formula is C9H8INOS2. The molecule has 0 aliphatic carbocycles. The van der Waals surface area contributed by atoms with E-state index in [2.05, 4.69) is 34.0 Å². The molecule has 2 aromatic rings. The van der Waals surface area contributed by atoms with Crippen molar-refractivity contribution in [1.29, 1.82) is 0 Å². The van der Waals surface area contributed by atoms with Gasteiger partial charge in [0, 0.05) is 20.4 Å². The maximum atomic E-state index is 11.6. The van der Waals surface area contributed by atoms with Gasteiger partial charge in [0.1, 0.15) is 0 Å². The zero-order valence-corrected chi connectivity index (χ0v) is 11.0. The van der Waals surface area contributed by atoms with E-state index in [1.807, 2.05) is 11.4 Å². The summed E-state index contributed by atoms with van der Waals surface area (Å²) < 4.78 is 3.35. The van der Waals surface area contributed by atoms with Crippen molar-refractivity contribution in [1.82, 2.24) is 5.32 Å². The first-order valence-electron chi connectivity index (χ1n) is 4.12. The van der Waals surface area contributed by atoms with Crippen LogP contribution in [0.3, 0.4) is 0 Å². The van der Waals surface area contributed by atoms with Crippen molar-refractivity contribution in [2.75, 3.05) is 11.0 Å². The molecule has 0 aliphatic heterocycles. The first-order chi connectivity index (χ1) is 6.81. The number of rotatable bonds is 3. The van der Waals surface area contributed by atoms with Crippen LogP contribution in [0.4, 0.5) is 0 Å². The molecule has 5 heteroatoms. The lowest BCUT2D eigenvalue weighted by Crippen LogP contribution is -2.24. The Morgan fingerprint density at radius 1 is 1.50 bits per heavy atom. The zero-order valence-electron chi connectivity index (χ0n) is 7.25. The molecule has 0 aliphatic rings. The van der Waals surface area contributed by atoms with Gasteiger partial charge < -0.3 is 5.32 Å². The van der Waals surface area contributed by atoms with Crippen LogP contribution in [-0.2, 0) is 0 Å². The van der Waals surface area contributed by atoms with Gasteiger partial charge in [-0.1, -0.05) is 22.6 Å². The molecule has 0 atom stereocenters. The zero-order chi connectivity index (χ0) is 9.97. The van der Waals surface area contributed by atoms with Gasteiger partial charge in [0.2, 0.25) is 0 Å².